The van der Waals surface area contributed by atoms with Crippen LogP contribution in [0.5, 0.6) is 34.5 Å². The molecule has 1 saturated carbocycles. The summed E-state index contributed by atoms with van der Waals surface area (Å²) in [5, 5.41) is 60.7. The van der Waals surface area contributed by atoms with Gasteiger partial charge >= 0.3 is 29.6 Å². The second kappa shape index (κ2) is 28.5. The highest BCUT2D eigenvalue weighted by atomic mass is 35.5. The second-order valence-electron chi connectivity index (χ2n) is 24.8. The van der Waals surface area contributed by atoms with Crippen LogP contribution in [0.3, 0.4) is 0 Å². The number of carbonyl (C=O) groups is 6. The number of nitrogens with one attached hydrogen (secondary N) is 1. The van der Waals surface area contributed by atoms with Crippen LogP contribution in [-0.4, -0.2) is 172 Å². The third-order valence-electron chi connectivity index (χ3n) is 19.4. The van der Waals surface area contributed by atoms with Gasteiger partial charge in [-0.3, -0.25) is 28.3 Å². The van der Waals surface area contributed by atoms with Gasteiger partial charge < -0.3 is 74.0 Å². The summed E-state index contributed by atoms with van der Waals surface area (Å²) in [5.41, 5.74) is 4.15. The Labute approximate surface area is 563 Å². The first-order valence-corrected chi connectivity index (χ1v) is 31.2. The number of fused-ring (bicyclic) bond motifs is 1. The van der Waals surface area contributed by atoms with E-state index in [-0.39, 0.29) is 81.1 Å². The summed E-state index contributed by atoms with van der Waals surface area (Å²) in [4.78, 5) is 97.0. The van der Waals surface area contributed by atoms with Crippen LogP contribution < -0.4 is 40.3 Å². The van der Waals surface area contributed by atoms with Gasteiger partial charge in [0, 0.05) is 81.6 Å². The number of carboxylic acid groups (broad SMARTS) is 3. The van der Waals surface area contributed by atoms with Crippen LogP contribution in [0.4, 0.5) is 5.69 Å². The standard InChI is InChI=1S/C18H21NO4.C17H19NO3.C10H13NO2.C9H8O4.C8H10N4O2.C8H6O4.ClH/c1-19-8-7-17-14-10-3-4-12(22-2)15(14)23-16(17)11(20)5-6-18(17,21)13(19)9-10;1-18-7-6-17-10-3-5-13(20)16(17)21-15-12(19)4-2-9(14(15)17)8-11(10)18;1-3-13-10-6-4-9(5-7-10)11-8(2)12;1-6(10)13-8-5-3-2-4-7(8)9(11)12;1-10-4-9-6-5(10)7(13)12(3)8(14)11(6)2;9-7(10)5-1-2-6(4-3-5)8(11)12;/h3-4,13,16,21H,5-9H2,1-2H3;2-5,10-11,13,16,19-20H,6-8H2,1H3;4-7H,3H2,1-2H3,(H,11,12);2-5H,1H3,(H,11,12);4H,1-3H3;1-4H,(H,9,10)(H,11,12);1H/t13-,16+,17+,18-;10-,11+,13-,16-,17-;;;;;/m10...../s1. The van der Waals surface area contributed by atoms with Crippen LogP contribution in [0.1, 0.15) is 99.8 Å². The third-order valence-corrected chi connectivity index (χ3v) is 19.4. The number of benzene rings is 5. The average Bonchev–Trinajstić information content (AvgIpc) is 1.58. The zero-order chi connectivity index (χ0) is 69.5. The third kappa shape index (κ3) is 12.9. The molecule has 27 heteroatoms. The summed E-state index contributed by atoms with van der Waals surface area (Å²) in [6, 6.07) is 26.6. The van der Waals surface area contributed by atoms with Crippen molar-refractivity contribution in [3.8, 4) is 34.5 Å². The molecule has 4 aliphatic heterocycles. The number of nitrogens with zero attached hydrogens (tertiary/aromatic N) is 6. The summed E-state index contributed by atoms with van der Waals surface area (Å²) in [6.45, 7) is 7.17. The van der Waals surface area contributed by atoms with E-state index in [1.165, 1.54) is 84.9 Å². The molecule has 5 aromatic carbocycles. The number of hydrogen-bond acceptors (Lipinski definition) is 19. The number of Topliss-reactive ketones (excluding diaryl/α,β-unsaturated/α-hetero) is 1. The van der Waals surface area contributed by atoms with Gasteiger partial charge in [0.1, 0.15) is 29.3 Å². The van der Waals surface area contributed by atoms with Crippen LogP contribution in [0.2, 0.25) is 0 Å². The van der Waals surface area contributed by atoms with E-state index in [0.717, 1.165) is 60.3 Å². The predicted molar refractivity (Wildman–Crippen MR) is 356 cm³/mol. The molecule has 4 aliphatic carbocycles. The van der Waals surface area contributed by atoms with E-state index in [9.17, 15) is 53.7 Å². The smallest absolute Gasteiger partial charge is 0.339 e. The molecule has 2 saturated heterocycles. The number of anilines is 1. The Kier molecular flexibility index (Phi) is 21.0. The molecule has 7 N–H and O–H groups in total. The number of aliphatic hydroxyl groups excluding tert-OH is 1. The molecule has 9 atom stereocenters. The van der Waals surface area contributed by atoms with Crippen molar-refractivity contribution in [2.24, 2.45) is 27.1 Å². The fourth-order valence-electron chi connectivity index (χ4n) is 15.0. The van der Waals surface area contributed by atoms with Crippen molar-refractivity contribution in [2.45, 2.75) is 106 Å². The zero-order valence-electron chi connectivity index (χ0n) is 54.9. The molecule has 8 aliphatic rings. The van der Waals surface area contributed by atoms with E-state index in [4.69, 9.17) is 34.3 Å². The van der Waals surface area contributed by atoms with Crippen molar-refractivity contribution in [1.82, 2.24) is 28.5 Å². The van der Waals surface area contributed by atoms with Crippen molar-refractivity contribution >= 4 is 64.8 Å². The molecule has 0 radical (unpaired) electrons. The van der Waals surface area contributed by atoms with Crippen molar-refractivity contribution in [1.29, 1.82) is 0 Å². The Morgan fingerprint density at radius 1 is 0.722 bits per heavy atom. The van der Waals surface area contributed by atoms with Crippen molar-refractivity contribution < 1.29 is 83.1 Å². The minimum absolute atomic E-state index is 0. The van der Waals surface area contributed by atoms with Gasteiger partial charge in [-0.2, -0.15) is 0 Å². The van der Waals surface area contributed by atoms with E-state index in [0.29, 0.717) is 59.8 Å². The highest BCUT2D eigenvalue weighted by molar-refractivity contribution is 5.93. The number of aliphatic hydroxyl groups is 2. The maximum atomic E-state index is 12.7. The molecule has 7 aromatic rings. The Morgan fingerprint density at radius 3 is 1.98 bits per heavy atom. The number of halogens is 1. The number of aryl methyl sites for hydroxylation is 2. The molecule has 6 heterocycles. The highest BCUT2D eigenvalue weighted by Crippen LogP contribution is 2.65. The molecule has 15 rings (SSSR count). The molecular weight excluding hydrogens is 1280 g/mol. The molecule has 2 aromatic heterocycles. The number of phenols is 1. The summed E-state index contributed by atoms with van der Waals surface area (Å²) < 4.78 is 31.7. The number of aromatic hydroxyl groups is 1. The number of piperidine rings is 2. The van der Waals surface area contributed by atoms with Crippen LogP contribution in [0.15, 0.2) is 125 Å². The molecule has 0 unspecified atom stereocenters. The monoisotopic (exact) mass is 1360 g/mol. The fraction of sp³-hybridized carbons (Fsp3) is 0.386. The lowest BCUT2D eigenvalue weighted by molar-refractivity contribution is -0.185. The first-order valence-electron chi connectivity index (χ1n) is 31.2. The zero-order valence-corrected chi connectivity index (χ0v) is 55.7. The lowest BCUT2D eigenvalue weighted by Gasteiger charge is -2.62. The number of ether oxygens (including phenoxy) is 5. The number of esters is 1. The maximum absolute atomic E-state index is 12.7. The van der Waals surface area contributed by atoms with Gasteiger partial charge in [0.05, 0.1) is 42.2 Å². The lowest BCUT2D eigenvalue weighted by atomic mass is 9.49. The van der Waals surface area contributed by atoms with Gasteiger partial charge in [-0.25, -0.2) is 24.2 Å². The minimum Gasteiger partial charge on any atom is -0.504 e. The number of ketones is 1. The number of carbonyl (C=O) groups excluding carboxylic acids is 3. The van der Waals surface area contributed by atoms with Crippen molar-refractivity contribution in [3.63, 3.8) is 0 Å². The van der Waals surface area contributed by atoms with Crippen molar-refractivity contribution in [3.05, 3.63) is 175 Å². The number of rotatable bonds is 8. The maximum Gasteiger partial charge on any atom is 0.339 e. The number of likely N-dealkylation sites (N-methyl/N-ethyl adjacent to an activating group) is 2. The van der Waals surface area contributed by atoms with Crippen LogP contribution in [-0.2, 0) is 59.2 Å². The van der Waals surface area contributed by atoms with Crippen LogP contribution in [0, 0.1) is 5.92 Å². The Hall–Kier alpha value is -9.86. The number of aromatic carboxylic acids is 3. The number of phenolic OH excluding ortho intramolecular Hbond substituents is 1. The number of amides is 1. The van der Waals surface area contributed by atoms with Gasteiger partial charge in [-0.05, 0) is 150 Å². The molecule has 3 fully saturated rings. The van der Waals surface area contributed by atoms with E-state index in [2.05, 4.69) is 51.1 Å². The van der Waals surface area contributed by atoms with Gasteiger partial charge in [-0.1, -0.05) is 36.4 Å². The molecule has 514 valence electrons. The highest BCUT2D eigenvalue weighted by Gasteiger charge is 2.73. The van der Waals surface area contributed by atoms with Crippen LogP contribution in [0.25, 0.3) is 11.2 Å². The summed E-state index contributed by atoms with van der Waals surface area (Å²) in [7, 11) is 10.7. The van der Waals surface area contributed by atoms with E-state index in [1.807, 2.05) is 49.4 Å². The fourth-order valence-corrected chi connectivity index (χ4v) is 15.0. The SMILES string of the molecule is CC(=O)Oc1ccccc1C(=O)O.CCOc1ccc(NC(C)=O)cc1.CN1CC[C@]23c4c5ccc(O)c4O[C@H]2[C@@H](O)C=C[C@H]3[C@H]1C5.COc1ccc2c3c1O[C@H]1C(=O)CC[C@@]4(O)[C@@H](C2)N(C)CC[C@]314.Cl.Cn1c(=O)c2c(ncn2C)n(C)c1=O.O=C(O)c1ccc(C(=O)O)cc1. The summed E-state index contributed by atoms with van der Waals surface area (Å²) in [6.07, 6.45) is 8.59. The number of likely N-dealkylation sites (tertiary alicyclic amines) is 2. The summed E-state index contributed by atoms with van der Waals surface area (Å²) in [5.74, 6) is -0.294. The first kappa shape index (κ1) is 71.4. The molecule has 26 nitrogen and oxygen atoms in total. The van der Waals surface area contributed by atoms with E-state index >= 15 is 0 Å². The Balaban J connectivity index is 0.000000139. The predicted octanol–water partition coefficient (Wildman–Crippen LogP) is 6.08. The van der Waals surface area contributed by atoms with Gasteiger partial charge in [0.2, 0.25) is 5.91 Å². The Bertz CT molecular complexity index is 4330. The molecule has 2 spiro atoms. The molecule has 1 amide bonds. The normalized spacial score (nSPS) is 24.1. The minimum atomic E-state index is -1.11. The van der Waals surface area contributed by atoms with E-state index in [1.54, 1.807) is 44.0 Å². The average molecular weight is 1360 g/mol. The Morgan fingerprint density at radius 2 is 1.36 bits per heavy atom. The second-order valence-corrected chi connectivity index (χ2v) is 24.8. The number of hydrogen-bond donors (Lipinski definition) is 7. The lowest BCUT2D eigenvalue weighted by Crippen LogP contribution is -2.76. The summed E-state index contributed by atoms with van der Waals surface area (Å²) >= 11 is 0. The first-order chi connectivity index (χ1) is 45.6. The number of para-hydroxylation sites is 1. The number of aromatic nitrogens is 4. The van der Waals surface area contributed by atoms with E-state index < -0.39 is 47.1 Å². The van der Waals surface area contributed by atoms with Gasteiger partial charge in [0.25, 0.3) is 5.56 Å². The van der Waals surface area contributed by atoms with Gasteiger partial charge in [-0.15, -0.1) is 12.4 Å². The number of imidazole rings is 1. The topological polar surface area (TPSA) is 350 Å². The molecular formula is C70H78ClN7O19. The molecule has 97 heavy (non-hydrogen) atoms. The molecule has 4 bridgehead atoms. The number of methoxy groups -OCH3 is 1. The number of carboxylic acids is 3. The van der Waals surface area contributed by atoms with Crippen LogP contribution >= 0.6 is 12.4 Å². The quantitative estimate of drug-likeness (QED) is 0.0515. The van der Waals surface area contributed by atoms with Gasteiger partial charge in [0.15, 0.2) is 46.0 Å². The largest absolute Gasteiger partial charge is 0.504 e. The van der Waals surface area contributed by atoms with Crippen molar-refractivity contribution in [2.75, 3.05) is 46.2 Å².